The minimum absolute atomic E-state index is 0. The molecular weight excluding hydrogens is 427 g/mol. The molecule has 8 heteroatoms. The van der Waals surface area contributed by atoms with Gasteiger partial charge in [-0.2, -0.15) is 8.78 Å². The zero-order valence-corrected chi connectivity index (χ0v) is 17.1. The molecule has 0 radical (unpaired) electrons. The van der Waals surface area contributed by atoms with Gasteiger partial charge >= 0.3 is 6.55 Å². The van der Waals surface area contributed by atoms with E-state index < -0.39 is 6.55 Å². The number of nitrogens with zero attached hydrogens (tertiary/aromatic N) is 3. The fourth-order valence-corrected chi connectivity index (χ4v) is 2.32. The molecule has 140 valence electrons. The summed E-state index contributed by atoms with van der Waals surface area (Å²) in [7, 11) is 0. The number of unbranched alkanes of at least 4 members (excludes halogenated alkanes) is 1. The molecule has 0 aliphatic rings. The van der Waals surface area contributed by atoms with E-state index in [1.807, 2.05) is 6.92 Å². The number of nitrogens with one attached hydrogen (secondary N) is 2. The summed E-state index contributed by atoms with van der Waals surface area (Å²) in [6, 6.07) is 0. The molecule has 0 aliphatic heterocycles. The van der Waals surface area contributed by atoms with Crippen molar-refractivity contribution in [3.63, 3.8) is 0 Å². The number of aromatic nitrogens is 2. The average Bonchev–Trinajstić information content (AvgIpc) is 3.01. The highest BCUT2D eigenvalue weighted by molar-refractivity contribution is 14.0. The molecule has 2 N–H and O–H groups in total. The number of alkyl halides is 2. The number of guanidine groups is 1. The Morgan fingerprint density at radius 3 is 2.62 bits per heavy atom. The van der Waals surface area contributed by atoms with Crippen LogP contribution in [0.1, 0.15) is 58.8 Å². The van der Waals surface area contributed by atoms with Crippen LogP contribution in [0.2, 0.25) is 0 Å². The standard InChI is InChI=1S/C16H29F2N5.HI/c1-4-7-8-13(5-2)11-21-16(19-6-3)22-12-14-20-9-10-23(14)15(17)18;/h9-10,13,15H,4-8,11-12H2,1-3H3,(H2,19,21,22);1H. The molecule has 1 aromatic heterocycles. The monoisotopic (exact) mass is 457 g/mol. The summed E-state index contributed by atoms with van der Waals surface area (Å²) in [4.78, 5) is 8.31. The molecule has 24 heavy (non-hydrogen) atoms. The fraction of sp³-hybridized carbons (Fsp3) is 0.750. The topological polar surface area (TPSA) is 54.2 Å². The lowest BCUT2D eigenvalue weighted by Gasteiger charge is -2.18. The highest BCUT2D eigenvalue weighted by Gasteiger charge is 2.11. The molecule has 0 bridgehead atoms. The first-order chi connectivity index (χ1) is 11.1. The molecule has 1 heterocycles. The van der Waals surface area contributed by atoms with E-state index in [9.17, 15) is 8.78 Å². The van der Waals surface area contributed by atoms with Gasteiger partial charge in [-0.3, -0.25) is 4.57 Å². The smallest absolute Gasteiger partial charge is 0.319 e. The lowest BCUT2D eigenvalue weighted by atomic mass is 9.99. The minimum atomic E-state index is -2.59. The molecule has 1 atom stereocenters. The number of hydrogen-bond acceptors (Lipinski definition) is 2. The SMILES string of the molecule is CCCCC(CC)CNC(=NCc1nccn1C(F)F)NCC.I. The number of aliphatic imine (C=N–C) groups is 1. The third kappa shape index (κ3) is 8.25. The first-order valence-corrected chi connectivity index (χ1v) is 8.44. The van der Waals surface area contributed by atoms with Gasteiger partial charge in [-0.25, -0.2) is 9.98 Å². The summed E-state index contributed by atoms with van der Waals surface area (Å²) in [6.45, 7) is 5.45. The Labute approximate surface area is 160 Å². The maximum Gasteiger partial charge on any atom is 0.319 e. The zero-order chi connectivity index (χ0) is 17.1. The van der Waals surface area contributed by atoms with Crippen molar-refractivity contribution >= 4 is 29.9 Å². The first-order valence-electron chi connectivity index (χ1n) is 8.44. The second-order valence-electron chi connectivity index (χ2n) is 5.52. The van der Waals surface area contributed by atoms with Gasteiger partial charge < -0.3 is 10.6 Å². The van der Waals surface area contributed by atoms with Crippen LogP contribution in [-0.2, 0) is 6.54 Å². The van der Waals surface area contributed by atoms with Gasteiger partial charge in [-0.15, -0.1) is 24.0 Å². The molecule has 5 nitrogen and oxygen atoms in total. The molecule has 0 saturated carbocycles. The van der Waals surface area contributed by atoms with Gasteiger partial charge in [-0.05, 0) is 19.3 Å². The summed E-state index contributed by atoms with van der Waals surface area (Å²) in [5.41, 5.74) is 0. The number of imidazole rings is 1. The summed E-state index contributed by atoms with van der Waals surface area (Å²) in [6.07, 6.45) is 7.36. The molecule has 0 aliphatic carbocycles. The van der Waals surface area contributed by atoms with Crippen LogP contribution < -0.4 is 10.6 Å². The highest BCUT2D eigenvalue weighted by atomic mass is 127. The van der Waals surface area contributed by atoms with Crippen molar-refractivity contribution in [2.24, 2.45) is 10.9 Å². The van der Waals surface area contributed by atoms with E-state index in [0.717, 1.165) is 24.1 Å². The quantitative estimate of drug-likeness (QED) is 0.315. The van der Waals surface area contributed by atoms with Gasteiger partial charge in [0.2, 0.25) is 0 Å². The van der Waals surface area contributed by atoms with Crippen LogP contribution in [0.3, 0.4) is 0 Å². The first kappa shape index (κ1) is 23.1. The molecule has 0 fully saturated rings. The Morgan fingerprint density at radius 1 is 1.29 bits per heavy atom. The molecule has 0 saturated heterocycles. The van der Waals surface area contributed by atoms with E-state index in [1.54, 1.807) is 0 Å². The van der Waals surface area contributed by atoms with Crippen molar-refractivity contribution in [1.29, 1.82) is 0 Å². The molecular formula is C16H30F2IN5. The van der Waals surface area contributed by atoms with Gasteiger partial charge in [0, 0.05) is 25.5 Å². The summed E-state index contributed by atoms with van der Waals surface area (Å²) in [5.74, 6) is 1.50. The lowest BCUT2D eigenvalue weighted by molar-refractivity contribution is 0.0671. The average molecular weight is 457 g/mol. The van der Waals surface area contributed by atoms with Crippen molar-refractivity contribution in [1.82, 2.24) is 20.2 Å². The van der Waals surface area contributed by atoms with Crippen LogP contribution in [0.15, 0.2) is 17.4 Å². The fourth-order valence-electron chi connectivity index (χ4n) is 2.32. The largest absolute Gasteiger partial charge is 0.357 e. The van der Waals surface area contributed by atoms with Crippen LogP contribution in [0.25, 0.3) is 0 Å². The highest BCUT2D eigenvalue weighted by Crippen LogP contribution is 2.13. The Kier molecular flexibility index (Phi) is 12.9. The van der Waals surface area contributed by atoms with Gasteiger partial charge in [0.1, 0.15) is 12.4 Å². The van der Waals surface area contributed by atoms with Crippen LogP contribution in [-0.4, -0.2) is 28.6 Å². The third-order valence-corrected chi connectivity index (χ3v) is 3.78. The number of halogens is 3. The van der Waals surface area contributed by atoms with Crippen molar-refractivity contribution in [2.45, 2.75) is 59.5 Å². The summed E-state index contributed by atoms with van der Waals surface area (Å²) < 4.78 is 26.4. The van der Waals surface area contributed by atoms with Gasteiger partial charge in [0.15, 0.2) is 5.96 Å². The van der Waals surface area contributed by atoms with Crippen LogP contribution in [0.4, 0.5) is 8.78 Å². The predicted molar refractivity (Wildman–Crippen MR) is 105 cm³/mol. The van der Waals surface area contributed by atoms with Crippen LogP contribution >= 0.6 is 24.0 Å². The third-order valence-electron chi connectivity index (χ3n) is 3.78. The Hall–Kier alpha value is -0.930. The van der Waals surface area contributed by atoms with E-state index in [2.05, 4.69) is 34.5 Å². The van der Waals surface area contributed by atoms with Gasteiger partial charge in [-0.1, -0.05) is 33.1 Å². The van der Waals surface area contributed by atoms with Crippen molar-refractivity contribution in [3.05, 3.63) is 18.2 Å². The molecule has 1 unspecified atom stereocenters. The molecule has 0 spiro atoms. The maximum absolute atomic E-state index is 12.8. The Bertz CT molecular complexity index is 465. The Balaban J connectivity index is 0.00000529. The van der Waals surface area contributed by atoms with Crippen molar-refractivity contribution in [2.75, 3.05) is 13.1 Å². The van der Waals surface area contributed by atoms with E-state index in [-0.39, 0.29) is 36.3 Å². The normalized spacial score (nSPS) is 12.8. The van der Waals surface area contributed by atoms with Crippen molar-refractivity contribution < 1.29 is 8.78 Å². The van der Waals surface area contributed by atoms with E-state index in [1.165, 1.54) is 31.7 Å². The second kappa shape index (κ2) is 13.4. The minimum Gasteiger partial charge on any atom is -0.357 e. The van der Waals surface area contributed by atoms with E-state index >= 15 is 0 Å². The molecule has 0 amide bonds. The molecule has 0 aromatic carbocycles. The Morgan fingerprint density at radius 2 is 2.04 bits per heavy atom. The van der Waals surface area contributed by atoms with Crippen LogP contribution in [0, 0.1) is 5.92 Å². The summed E-state index contributed by atoms with van der Waals surface area (Å²) in [5, 5.41) is 6.45. The predicted octanol–water partition coefficient (Wildman–Crippen LogP) is 4.17. The van der Waals surface area contributed by atoms with Crippen molar-refractivity contribution in [3.8, 4) is 0 Å². The zero-order valence-electron chi connectivity index (χ0n) is 14.8. The van der Waals surface area contributed by atoms with E-state index in [0.29, 0.717) is 11.9 Å². The number of rotatable bonds is 10. The van der Waals surface area contributed by atoms with Gasteiger partial charge in [0.05, 0.1) is 0 Å². The number of hydrogen-bond donors (Lipinski definition) is 2. The lowest BCUT2D eigenvalue weighted by Crippen LogP contribution is -2.39. The summed E-state index contributed by atoms with van der Waals surface area (Å²) >= 11 is 0. The second-order valence-corrected chi connectivity index (χ2v) is 5.52. The molecule has 1 aromatic rings. The van der Waals surface area contributed by atoms with Gasteiger partial charge in [0.25, 0.3) is 0 Å². The van der Waals surface area contributed by atoms with E-state index in [4.69, 9.17) is 0 Å². The van der Waals surface area contributed by atoms with Crippen LogP contribution in [0.5, 0.6) is 0 Å². The maximum atomic E-state index is 12.8. The molecule has 1 rings (SSSR count).